The van der Waals surface area contributed by atoms with Crippen LogP contribution in [0.1, 0.15) is 0 Å². The molecule has 0 aliphatic carbocycles. The smallest absolute Gasteiger partial charge is 0.179 e. The zero-order chi connectivity index (χ0) is 23.6. The Morgan fingerprint density at radius 3 is 1.91 bits per heavy atom. The van der Waals surface area contributed by atoms with Crippen LogP contribution in [0.15, 0.2) is 156 Å². The Labute approximate surface area is 216 Å². The molecule has 0 spiro atoms. The van der Waals surface area contributed by atoms with E-state index in [9.17, 15) is 0 Å². The van der Waals surface area contributed by atoms with Crippen molar-refractivity contribution in [2.75, 3.05) is 0 Å². The Bertz CT molecular complexity index is 1670. The van der Waals surface area contributed by atoms with Gasteiger partial charge in [0.15, 0.2) is 14.7 Å². The molecular weight excluding hydrogens is 485 g/mol. The molecule has 1 aromatic heterocycles. The van der Waals surface area contributed by atoms with Gasteiger partial charge in [0.1, 0.15) is 22.1 Å². The van der Waals surface area contributed by atoms with Crippen molar-refractivity contribution < 1.29 is 4.42 Å². The fraction of sp³-hybridized carbons (Fsp3) is 0. The van der Waals surface area contributed by atoms with Crippen LogP contribution in [0.4, 0.5) is 0 Å². The van der Waals surface area contributed by atoms with E-state index in [4.69, 9.17) is 16.6 Å². The molecule has 1 unspecified atom stereocenters. The van der Waals surface area contributed by atoms with Crippen LogP contribution < -0.4 is 0 Å². The highest BCUT2D eigenvalue weighted by Gasteiger charge is 2.31. The molecule has 0 bridgehead atoms. The predicted molar refractivity (Wildman–Crippen MR) is 150 cm³/mol. The SMILES string of the molecule is S=c1c2ccccc2oc2cccc([S+](c3ccccc3)c3ccc(Sc4ccccc4)cc3)c12. The molecule has 0 saturated heterocycles. The first-order chi connectivity index (χ1) is 17.3. The van der Waals surface area contributed by atoms with Crippen LogP contribution in [0.3, 0.4) is 0 Å². The van der Waals surface area contributed by atoms with E-state index in [1.807, 2.05) is 36.4 Å². The number of fused-ring (bicyclic) bond motifs is 2. The fourth-order valence-corrected chi connectivity index (χ4v) is 7.72. The van der Waals surface area contributed by atoms with Crippen LogP contribution in [-0.4, -0.2) is 0 Å². The van der Waals surface area contributed by atoms with Gasteiger partial charge in [0, 0.05) is 15.2 Å². The first-order valence-corrected chi connectivity index (χ1v) is 13.8. The van der Waals surface area contributed by atoms with Gasteiger partial charge < -0.3 is 4.42 Å². The summed E-state index contributed by atoms with van der Waals surface area (Å²) in [6.07, 6.45) is 0. The minimum absolute atomic E-state index is 0.333. The average Bonchev–Trinajstić information content (AvgIpc) is 2.91. The molecule has 6 aromatic rings. The molecule has 0 radical (unpaired) electrons. The molecule has 6 rings (SSSR count). The average molecular weight is 506 g/mol. The Kier molecular flexibility index (Phi) is 6.17. The molecule has 4 heteroatoms. The molecule has 1 nitrogen and oxygen atoms in total. The molecule has 5 aromatic carbocycles. The lowest BCUT2D eigenvalue weighted by Crippen LogP contribution is -2.05. The molecule has 0 saturated carbocycles. The topological polar surface area (TPSA) is 13.1 Å². The van der Waals surface area contributed by atoms with Crippen LogP contribution in [0.25, 0.3) is 21.9 Å². The third kappa shape index (κ3) is 4.41. The van der Waals surface area contributed by atoms with E-state index in [-0.39, 0.29) is 10.9 Å². The number of benzene rings is 5. The highest BCUT2D eigenvalue weighted by atomic mass is 32.2. The number of hydrogen-bond acceptors (Lipinski definition) is 3. The summed E-state index contributed by atoms with van der Waals surface area (Å²) in [5, 5.41) is 2.00. The molecule has 0 fully saturated rings. The van der Waals surface area contributed by atoms with E-state index in [2.05, 4.69) is 91.0 Å². The summed E-state index contributed by atoms with van der Waals surface area (Å²) in [7, 11) is -0.333. The second kappa shape index (κ2) is 9.74. The lowest BCUT2D eigenvalue weighted by molar-refractivity contribution is 0.659. The molecule has 0 N–H and O–H groups in total. The Morgan fingerprint density at radius 1 is 0.543 bits per heavy atom. The van der Waals surface area contributed by atoms with Crippen molar-refractivity contribution in [1.82, 2.24) is 0 Å². The van der Waals surface area contributed by atoms with Gasteiger partial charge >= 0.3 is 0 Å². The Balaban J connectivity index is 1.51. The van der Waals surface area contributed by atoms with E-state index < -0.39 is 0 Å². The molecule has 35 heavy (non-hydrogen) atoms. The lowest BCUT2D eigenvalue weighted by Gasteiger charge is -2.12. The van der Waals surface area contributed by atoms with Gasteiger partial charge in [-0.25, -0.2) is 0 Å². The van der Waals surface area contributed by atoms with Crippen LogP contribution in [-0.2, 0) is 10.9 Å². The summed E-state index contributed by atoms with van der Waals surface area (Å²) in [5.41, 5.74) is 1.65. The summed E-state index contributed by atoms with van der Waals surface area (Å²) < 4.78 is 7.16. The Hall–Kier alpha value is -3.31. The monoisotopic (exact) mass is 505 g/mol. The van der Waals surface area contributed by atoms with Crippen molar-refractivity contribution in [3.8, 4) is 0 Å². The molecule has 1 atom stereocenters. The minimum Gasteiger partial charge on any atom is -0.456 e. The van der Waals surface area contributed by atoms with Crippen molar-refractivity contribution in [1.29, 1.82) is 0 Å². The zero-order valence-corrected chi connectivity index (χ0v) is 21.2. The molecule has 0 aliphatic heterocycles. The lowest BCUT2D eigenvalue weighted by atomic mass is 10.1. The summed E-state index contributed by atoms with van der Waals surface area (Å²) in [6, 6.07) is 44.4. The van der Waals surface area contributed by atoms with Crippen molar-refractivity contribution >= 4 is 56.8 Å². The van der Waals surface area contributed by atoms with Crippen LogP contribution >= 0.6 is 24.0 Å². The maximum Gasteiger partial charge on any atom is 0.179 e. The van der Waals surface area contributed by atoms with Gasteiger partial charge in [-0.2, -0.15) is 0 Å². The van der Waals surface area contributed by atoms with Gasteiger partial charge in [-0.1, -0.05) is 78.6 Å². The number of hydrogen-bond donors (Lipinski definition) is 0. The molecule has 168 valence electrons. The molecule has 1 heterocycles. The third-order valence-corrected chi connectivity index (χ3v) is 9.51. The van der Waals surface area contributed by atoms with E-state index >= 15 is 0 Å². The van der Waals surface area contributed by atoms with Gasteiger partial charge in [-0.05, 0) is 72.8 Å². The van der Waals surface area contributed by atoms with Crippen molar-refractivity contribution in [2.24, 2.45) is 0 Å². The zero-order valence-electron chi connectivity index (χ0n) is 18.8. The third-order valence-electron chi connectivity index (χ3n) is 5.80. The number of rotatable bonds is 5. The normalized spacial score (nSPS) is 12.1. The molecule has 0 amide bonds. The highest BCUT2D eigenvalue weighted by molar-refractivity contribution is 7.99. The van der Waals surface area contributed by atoms with Gasteiger partial charge in [-0.3, -0.25) is 0 Å². The van der Waals surface area contributed by atoms with Gasteiger partial charge in [-0.15, -0.1) is 0 Å². The second-order valence-electron chi connectivity index (χ2n) is 8.06. The van der Waals surface area contributed by atoms with Crippen molar-refractivity contribution in [2.45, 2.75) is 24.5 Å². The van der Waals surface area contributed by atoms with Crippen molar-refractivity contribution in [3.05, 3.63) is 132 Å². The standard InChI is InChI=1S/C31H21OS3/c33-31-26-14-7-8-15-27(26)32-28-16-9-17-29(30(28)31)35(24-12-5-2-6-13-24)25-20-18-23(19-21-25)34-22-10-3-1-4-11-22/h1-21H/q+1. The summed E-state index contributed by atoms with van der Waals surface area (Å²) in [4.78, 5) is 6.16. The van der Waals surface area contributed by atoms with E-state index in [0.717, 1.165) is 26.4 Å². The summed E-state index contributed by atoms with van der Waals surface area (Å²) in [5.74, 6) is 0. The Morgan fingerprint density at radius 2 is 1.14 bits per heavy atom. The largest absolute Gasteiger partial charge is 0.456 e. The second-order valence-corrected chi connectivity index (χ2v) is 11.6. The van der Waals surface area contributed by atoms with Crippen LogP contribution in [0, 0.1) is 4.51 Å². The minimum atomic E-state index is -0.333. The summed E-state index contributed by atoms with van der Waals surface area (Å²) >= 11 is 7.81. The predicted octanol–water partition coefficient (Wildman–Crippen LogP) is 9.56. The maximum atomic E-state index is 6.31. The van der Waals surface area contributed by atoms with Gasteiger partial charge in [0.05, 0.1) is 9.90 Å². The van der Waals surface area contributed by atoms with E-state index in [1.165, 1.54) is 24.5 Å². The first kappa shape index (κ1) is 22.2. The number of para-hydroxylation sites is 1. The van der Waals surface area contributed by atoms with E-state index in [1.54, 1.807) is 11.8 Å². The highest BCUT2D eigenvalue weighted by Crippen LogP contribution is 2.39. The maximum absolute atomic E-state index is 6.31. The van der Waals surface area contributed by atoms with Gasteiger partial charge in [0.2, 0.25) is 0 Å². The van der Waals surface area contributed by atoms with Crippen LogP contribution in [0.2, 0.25) is 0 Å². The fourth-order valence-electron chi connectivity index (χ4n) is 4.20. The first-order valence-electron chi connectivity index (χ1n) is 11.3. The van der Waals surface area contributed by atoms with Crippen LogP contribution in [0.5, 0.6) is 0 Å². The summed E-state index contributed by atoms with van der Waals surface area (Å²) in [6.45, 7) is 0. The molecule has 0 aliphatic rings. The van der Waals surface area contributed by atoms with E-state index in [0.29, 0.717) is 0 Å². The van der Waals surface area contributed by atoms with Gasteiger partial charge in [0.25, 0.3) is 0 Å². The quantitative estimate of drug-likeness (QED) is 0.132. The van der Waals surface area contributed by atoms with Crippen molar-refractivity contribution in [3.63, 3.8) is 0 Å². The molecular formula is C31H21OS3+.